The Morgan fingerprint density at radius 3 is 2.36 bits per heavy atom. The fourth-order valence-corrected chi connectivity index (χ4v) is 4.63. The normalized spacial score (nSPS) is 19.6. The Kier molecular flexibility index (Phi) is 5.93. The van der Waals surface area contributed by atoms with Gasteiger partial charge in [0.2, 0.25) is 0 Å². The minimum atomic E-state index is -0.281. The van der Waals surface area contributed by atoms with Crippen LogP contribution in [-0.4, -0.2) is 64.9 Å². The number of rotatable bonds is 3. The van der Waals surface area contributed by atoms with Crippen LogP contribution in [0, 0.1) is 18.3 Å². The highest BCUT2D eigenvalue weighted by molar-refractivity contribution is 8.26. The molecule has 0 N–H and O–H groups in total. The van der Waals surface area contributed by atoms with E-state index in [-0.39, 0.29) is 17.0 Å². The van der Waals surface area contributed by atoms with E-state index in [0.29, 0.717) is 21.3 Å². The van der Waals surface area contributed by atoms with Gasteiger partial charge < -0.3 is 9.80 Å². The molecule has 3 heterocycles. The van der Waals surface area contributed by atoms with Crippen molar-refractivity contribution in [3.63, 3.8) is 0 Å². The summed E-state index contributed by atoms with van der Waals surface area (Å²) in [6, 6.07) is 2.05. The molecular weight excluding hydrogens is 394 g/mol. The van der Waals surface area contributed by atoms with Crippen LogP contribution >= 0.6 is 24.0 Å². The Balaban J connectivity index is 2.25. The van der Waals surface area contributed by atoms with Crippen LogP contribution in [0.4, 0.5) is 5.82 Å². The van der Waals surface area contributed by atoms with Gasteiger partial charge in [-0.3, -0.25) is 19.1 Å². The largest absolute Gasteiger partial charge is 0.355 e. The lowest BCUT2D eigenvalue weighted by Gasteiger charge is -2.36. The summed E-state index contributed by atoms with van der Waals surface area (Å²) in [5, 5.41) is 9.57. The van der Waals surface area contributed by atoms with Crippen LogP contribution < -0.4 is 10.5 Å². The smallest absolute Gasteiger partial charge is 0.270 e. The van der Waals surface area contributed by atoms with Crippen LogP contribution in [0.1, 0.15) is 23.6 Å². The van der Waals surface area contributed by atoms with E-state index in [1.807, 2.05) is 6.92 Å². The molecule has 28 heavy (non-hydrogen) atoms. The molecule has 0 spiro atoms. The summed E-state index contributed by atoms with van der Waals surface area (Å²) in [5.41, 5.74) is 1.19. The maximum atomic E-state index is 12.9. The van der Waals surface area contributed by atoms with Crippen molar-refractivity contribution >= 4 is 46.1 Å². The lowest BCUT2D eigenvalue weighted by Crippen LogP contribution is -2.47. The number of hydrogen-bond donors (Lipinski definition) is 0. The number of hydrogen-bond acceptors (Lipinski definition) is 7. The molecule has 0 saturated carbocycles. The second kappa shape index (κ2) is 8.07. The zero-order valence-corrected chi connectivity index (χ0v) is 18.1. The molecule has 0 aliphatic carbocycles. The number of piperazine rings is 1. The third kappa shape index (κ3) is 3.48. The summed E-state index contributed by atoms with van der Waals surface area (Å²) in [4.78, 5) is 31.8. The van der Waals surface area contributed by atoms with E-state index >= 15 is 0 Å². The zero-order valence-electron chi connectivity index (χ0n) is 16.5. The van der Waals surface area contributed by atoms with E-state index in [1.165, 1.54) is 16.7 Å². The molecule has 0 radical (unpaired) electrons. The Bertz CT molecular complexity index is 968. The molecule has 2 fully saturated rings. The van der Waals surface area contributed by atoms with Crippen LogP contribution in [0.15, 0.2) is 9.70 Å². The Morgan fingerprint density at radius 2 is 1.86 bits per heavy atom. The number of pyridine rings is 1. The minimum absolute atomic E-state index is 0.123. The molecule has 2 aliphatic rings. The number of nitriles is 1. The van der Waals surface area contributed by atoms with Crippen molar-refractivity contribution < 1.29 is 4.79 Å². The van der Waals surface area contributed by atoms with Gasteiger partial charge in [0, 0.05) is 45.3 Å². The molecule has 9 heteroatoms. The van der Waals surface area contributed by atoms with E-state index in [1.54, 1.807) is 24.6 Å². The van der Waals surface area contributed by atoms with Crippen molar-refractivity contribution in [2.45, 2.75) is 20.4 Å². The highest BCUT2D eigenvalue weighted by atomic mass is 32.2. The summed E-state index contributed by atoms with van der Waals surface area (Å²) in [6.07, 6.45) is 1.79. The third-order valence-corrected chi connectivity index (χ3v) is 6.71. The fraction of sp³-hybridized carbons (Fsp3) is 0.474. The predicted molar refractivity (Wildman–Crippen MR) is 116 cm³/mol. The molecule has 1 aromatic heterocycles. The van der Waals surface area contributed by atoms with Gasteiger partial charge in [-0.2, -0.15) is 5.26 Å². The maximum absolute atomic E-state index is 12.9. The molecule has 0 unspecified atom stereocenters. The van der Waals surface area contributed by atoms with E-state index in [0.717, 1.165) is 37.6 Å². The summed E-state index contributed by atoms with van der Waals surface area (Å²) in [7, 11) is 3.72. The third-order valence-electron chi connectivity index (χ3n) is 5.23. The second-order valence-corrected chi connectivity index (χ2v) is 8.61. The van der Waals surface area contributed by atoms with Gasteiger partial charge in [-0.05, 0) is 32.5 Å². The number of carbonyl (C=O) groups is 1. The van der Waals surface area contributed by atoms with E-state index < -0.39 is 0 Å². The number of aromatic nitrogens is 1. The van der Waals surface area contributed by atoms with Crippen LogP contribution in [0.2, 0.25) is 0 Å². The van der Waals surface area contributed by atoms with Gasteiger partial charge in [-0.15, -0.1) is 0 Å². The Hall–Kier alpha value is -2.15. The highest BCUT2D eigenvalue weighted by Crippen LogP contribution is 2.35. The Labute approximate surface area is 174 Å². The first-order valence-corrected chi connectivity index (χ1v) is 10.3. The number of carbonyl (C=O) groups excluding carboxylic acids is 1. The fourth-order valence-electron chi connectivity index (χ4n) is 3.47. The highest BCUT2D eigenvalue weighted by Gasteiger charge is 2.31. The number of thioether (sulfide) groups is 1. The number of nitrogens with zero attached hydrogens (tertiary/aromatic N) is 5. The van der Waals surface area contributed by atoms with Crippen LogP contribution in [0.3, 0.4) is 0 Å². The van der Waals surface area contributed by atoms with Crippen molar-refractivity contribution in [1.82, 2.24) is 14.4 Å². The molecule has 3 rings (SSSR count). The predicted octanol–water partition coefficient (Wildman–Crippen LogP) is 1.63. The van der Waals surface area contributed by atoms with Crippen molar-refractivity contribution in [3.05, 3.63) is 31.9 Å². The SMILES string of the molecule is CCn1c(N2CCN(C)CC2)c(C=C2SC(=S)N(C)C2=O)c(C)c(C#N)c1=O. The molecule has 2 aliphatic heterocycles. The molecule has 0 atom stereocenters. The van der Waals surface area contributed by atoms with Crippen LogP contribution in [0.5, 0.6) is 0 Å². The van der Waals surface area contributed by atoms with Gasteiger partial charge in [-0.1, -0.05) is 24.0 Å². The summed E-state index contributed by atoms with van der Waals surface area (Å²) in [6.45, 7) is 7.44. The number of likely N-dealkylation sites (N-methyl/N-ethyl adjacent to an activating group) is 2. The molecule has 148 valence electrons. The Morgan fingerprint density at radius 1 is 1.21 bits per heavy atom. The van der Waals surface area contributed by atoms with Crippen molar-refractivity contribution in [3.8, 4) is 6.07 Å². The van der Waals surface area contributed by atoms with E-state index in [9.17, 15) is 14.9 Å². The molecule has 0 aromatic carbocycles. The molecule has 7 nitrogen and oxygen atoms in total. The zero-order chi connectivity index (χ0) is 20.6. The molecule has 1 amide bonds. The van der Waals surface area contributed by atoms with Crippen LogP contribution in [-0.2, 0) is 11.3 Å². The second-order valence-electron chi connectivity index (χ2n) is 6.93. The molecule has 0 bridgehead atoms. The number of thiocarbonyl (C=S) groups is 1. The van der Waals surface area contributed by atoms with Gasteiger partial charge in [-0.25, -0.2) is 0 Å². The monoisotopic (exact) mass is 417 g/mol. The first-order valence-electron chi connectivity index (χ1n) is 9.12. The van der Waals surface area contributed by atoms with Crippen LogP contribution in [0.25, 0.3) is 6.08 Å². The lowest BCUT2D eigenvalue weighted by molar-refractivity contribution is -0.121. The van der Waals surface area contributed by atoms with Crippen molar-refractivity contribution in [1.29, 1.82) is 5.26 Å². The van der Waals surface area contributed by atoms with Gasteiger partial charge in [0.1, 0.15) is 21.8 Å². The molecular formula is C19H23N5O2S2. The molecule has 2 saturated heterocycles. The lowest BCUT2D eigenvalue weighted by atomic mass is 10.0. The maximum Gasteiger partial charge on any atom is 0.270 e. The summed E-state index contributed by atoms with van der Waals surface area (Å²) in [5.74, 6) is 0.616. The number of amides is 1. The quantitative estimate of drug-likeness (QED) is 0.547. The first kappa shape index (κ1) is 20.6. The average Bonchev–Trinajstić information content (AvgIpc) is 2.91. The van der Waals surface area contributed by atoms with Gasteiger partial charge in [0.25, 0.3) is 11.5 Å². The van der Waals surface area contributed by atoms with Crippen molar-refractivity contribution in [2.24, 2.45) is 0 Å². The standard InChI is InChI=1S/C19H23N5O2S2/c1-5-24-16(23-8-6-21(3)7-9-23)13(12(2)14(11-20)17(24)25)10-15-18(26)22(4)19(27)28-15/h10H,5-9H2,1-4H3. The minimum Gasteiger partial charge on any atom is -0.355 e. The first-order chi connectivity index (χ1) is 13.3. The van der Waals surface area contributed by atoms with E-state index in [4.69, 9.17) is 12.2 Å². The van der Waals surface area contributed by atoms with Gasteiger partial charge >= 0.3 is 0 Å². The summed E-state index contributed by atoms with van der Waals surface area (Å²) < 4.78 is 2.15. The topological polar surface area (TPSA) is 72.6 Å². The summed E-state index contributed by atoms with van der Waals surface area (Å²) >= 11 is 6.48. The van der Waals surface area contributed by atoms with Gasteiger partial charge in [0.05, 0.1) is 4.91 Å². The van der Waals surface area contributed by atoms with Gasteiger partial charge in [0.15, 0.2) is 0 Å². The molecule has 1 aromatic rings. The average molecular weight is 418 g/mol. The van der Waals surface area contributed by atoms with E-state index in [2.05, 4.69) is 22.9 Å². The number of anilines is 1. The van der Waals surface area contributed by atoms with Crippen molar-refractivity contribution in [2.75, 3.05) is 45.2 Å².